The third kappa shape index (κ3) is 5.61. The summed E-state index contributed by atoms with van der Waals surface area (Å²) in [6, 6.07) is 0. The molecule has 0 amide bonds. The van der Waals surface area contributed by atoms with Crippen LogP contribution < -0.4 is 0 Å². The fourth-order valence-corrected chi connectivity index (χ4v) is 2.16. The summed E-state index contributed by atoms with van der Waals surface area (Å²) in [5.41, 5.74) is 0. The zero-order valence-corrected chi connectivity index (χ0v) is 8.66. The number of likely N-dealkylation sites (tertiary alicyclic amines) is 1. The van der Waals surface area contributed by atoms with Gasteiger partial charge in [-0.1, -0.05) is 0 Å². The maximum Gasteiger partial charge on any atom is 0.290 e. The molecule has 0 spiro atoms. The molecule has 3 nitrogen and oxygen atoms in total. The monoisotopic (exact) mass is 171 g/mol. The first-order chi connectivity index (χ1) is 5.24. The molecule has 1 heterocycles. The second kappa shape index (κ2) is 7.03. The predicted octanol–water partition coefficient (Wildman–Crippen LogP) is -0.0707. The first kappa shape index (κ1) is 11.4. The van der Waals surface area contributed by atoms with Gasteiger partial charge in [-0.3, -0.25) is 4.79 Å². The van der Waals surface area contributed by atoms with Crippen LogP contribution >= 0.6 is 0 Å². The van der Waals surface area contributed by atoms with Crippen molar-refractivity contribution in [2.24, 2.45) is 0 Å². The third-order valence-electron chi connectivity index (χ3n) is 1.54. The van der Waals surface area contributed by atoms with E-state index in [-0.39, 0.29) is 13.1 Å². The summed E-state index contributed by atoms with van der Waals surface area (Å²) in [6.45, 7) is 2.57. The van der Waals surface area contributed by atoms with Crippen LogP contribution in [-0.4, -0.2) is 70.7 Å². The maximum atomic E-state index is 11.6. The molecule has 1 aliphatic rings. The normalized spacial score (nSPS) is 18.1. The number of hydrogen-bond acceptors (Lipinski definition) is 2. The van der Waals surface area contributed by atoms with Crippen LogP contribution in [0.15, 0.2) is 0 Å². The van der Waals surface area contributed by atoms with Gasteiger partial charge in [0.2, 0.25) is 0 Å². The Kier molecular flexibility index (Phi) is 7.26. The molecule has 0 aromatic carbocycles. The molecule has 0 saturated carbocycles. The van der Waals surface area contributed by atoms with Crippen molar-refractivity contribution < 1.29 is 14.3 Å². The summed E-state index contributed by atoms with van der Waals surface area (Å²) < 4.78 is 12.5. The van der Waals surface area contributed by atoms with E-state index in [1.54, 1.807) is 0 Å². The van der Waals surface area contributed by atoms with Crippen molar-refractivity contribution in [3.8, 4) is 0 Å². The van der Waals surface area contributed by atoms with Crippen LogP contribution in [0.3, 0.4) is 0 Å². The van der Waals surface area contributed by atoms with Crippen molar-refractivity contribution in [1.82, 2.24) is 4.90 Å². The van der Waals surface area contributed by atoms with Crippen molar-refractivity contribution >= 4 is 34.4 Å². The SMILES string of the molecule is FCCN1C[CH]([Na])C1.O=CO. The fourth-order valence-electron chi connectivity index (χ4n) is 1.13. The van der Waals surface area contributed by atoms with Gasteiger partial charge in [0.15, 0.2) is 0 Å². The van der Waals surface area contributed by atoms with E-state index in [0.717, 1.165) is 16.3 Å². The van der Waals surface area contributed by atoms with Crippen molar-refractivity contribution in [3.05, 3.63) is 0 Å². The zero-order valence-electron chi connectivity index (χ0n) is 6.66. The standard InChI is InChI=1S/C5H9FN.CH2O2.Na/c6-2-5-7-3-1-4-7;2-1-3;/h1H,2-5H2;1H,(H,2,3);. The van der Waals surface area contributed by atoms with Crippen LogP contribution in [0, 0.1) is 0 Å². The summed E-state index contributed by atoms with van der Waals surface area (Å²) in [6.07, 6.45) is 0. The van der Waals surface area contributed by atoms with Gasteiger partial charge >= 0.3 is 66.7 Å². The second-order valence-electron chi connectivity index (χ2n) is 2.66. The smallest absolute Gasteiger partial charge is 0.290 e. The van der Waals surface area contributed by atoms with Crippen molar-refractivity contribution in [3.63, 3.8) is 0 Å². The van der Waals surface area contributed by atoms with Crippen LogP contribution in [-0.2, 0) is 4.79 Å². The van der Waals surface area contributed by atoms with Gasteiger partial charge in [0.05, 0.1) is 0 Å². The van der Waals surface area contributed by atoms with Crippen LogP contribution in [0.2, 0.25) is 3.17 Å². The van der Waals surface area contributed by atoms with Crippen molar-refractivity contribution in [1.29, 1.82) is 0 Å². The van der Waals surface area contributed by atoms with Gasteiger partial charge in [-0.15, -0.1) is 0 Å². The first-order valence-electron chi connectivity index (χ1n) is 3.60. The molecule has 0 bridgehead atoms. The molecule has 1 aliphatic heterocycles. The van der Waals surface area contributed by atoms with E-state index in [9.17, 15) is 4.39 Å². The average Bonchev–Trinajstić information content (AvgIpc) is 1.87. The molecule has 60 valence electrons. The van der Waals surface area contributed by atoms with Crippen LogP contribution in [0.4, 0.5) is 4.39 Å². The van der Waals surface area contributed by atoms with E-state index in [1.807, 2.05) is 0 Å². The van der Waals surface area contributed by atoms with Gasteiger partial charge in [-0.2, -0.15) is 0 Å². The first-order valence-corrected chi connectivity index (χ1v) is 4.76. The number of carboxylic acid groups (broad SMARTS) is 1. The number of hydrogen-bond donors (Lipinski definition) is 1. The molecule has 5 heteroatoms. The van der Waals surface area contributed by atoms with E-state index in [2.05, 4.69) is 4.90 Å². The third-order valence-corrected chi connectivity index (χ3v) is 2.27. The Hall–Kier alpha value is 0.360. The van der Waals surface area contributed by atoms with E-state index in [0.29, 0.717) is 6.54 Å². The topological polar surface area (TPSA) is 40.5 Å². The molecule has 0 aromatic heterocycles. The number of alkyl halides is 1. The summed E-state index contributed by atoms with van der Waals surface area (Å²) in [5, 5.41) is 6.89. The molecule has 0 atom stereocenters. The van der Waals surface area contributed by atoms with Crippen molar-refractivity contribution in [2.75, 3.05) is 26.3 Å². The Morgan fingerprint density at radius 3 is 2.45 bits per heavy atom. The number of halogens is 1. The van der Waals surface area contributed by atoms with E-state index in [4.69, 9.17) is 9.90 Å². The molecule has 1 fully saturated rings. The Bertz CT molecular complexity index is 106. The summed E-state index contributed by atoms with van der Waals surface area (Å²) in [7, 11) is 0. The predicted molar refractivity (Wildman–Crippen MR) is 40.6 cm³/mol. The molecule has 0 aromatic rings. The molecule has 0 radical (unpaired) electrons. The minimum Gasteiger partial charge on any atom is -0.483 e. The van der Waals surface area contributed by atoms with Crippen LogP contribution in [0.5, 0.6) is 0 Å². The van der Waals surface area contributed by atoms with E-state index >= 15 is 0 Å². The Morgan fingerprint density at radius 2 is 2.18 bits per heavy atom. The van der Waals surface area contributed by atoms with Gasteiger partial charge in [0.25, 0.3) is 6.47 Å². The molecule has 11 heavy (non-hydrogen) atoms. The molecule has 1 rings (SSSR count). The molecular weight excluding hydrogens is 160 g/mol. The Balaban J connectivity index is 0.000000292. The Labute approximate surface area is 83.0 Å². The van der Waals surface area contributed by atoms with Crippen LogP contribution in [0.1, 0.15) is 0 Å². The number of rotatable bonds is 2. The van der Waals surface area contributed by atoms with Gasteiger partial charge < -0.3 is 5.11 Å². The van der Waals surface area contributed by atoms with E-state index in [1.165, 1.54) is 27.9 Å². The quantitative estimate of drug-likeness (QED) is 0.467. The molecule has 0 aliphatic carbocycles. The second-order valence-corrected chi connectivity index (χ2v) is 4.29. The Morgan fingerprint density at radius 1 is 1.73 bits per heavy atom. The van der Waals surface area contributed by atoms with Gasteiger partial charge in [-0.25, -0.2) is 0 Å². The van der Waals surface area contributed by atoms with Crippen LogP contribution in [0.25, 0.3) is 0 Å². The summed E-state index contributed by atoms with van der Waals surface area (Å²) in [5.74, 6) is 0. The molecule has 1 N–H and O–H groups in total. The van der Waals surface area contributed by atoms with Crippen molar-refractivity contribution in [2.45, 2.75) is 3.17 Å². The molecular formula is C6H11FNNaO2. The summed E-state index contributed by atoms with van der Waals surface area (Å²) in [4.78, 5) is 10.5. The number of carbonyl (C=O) groups is 1. The average molecular weight is 171 g/mol. The molecule has 0 unspecified atom stereocenters. The minimum atomic E-state index is -0.250. The number of nitrogens with zero attached hydrogens (tertiary/aromatic N) is 1. The van der Waals surface area contributed by atoms with E-state index < -0.39 is 0 Å². The van der Waals surface area contributed by atoms with Gasteiger partial charge in [0.1, 0.15) is 0 Å². The maximum absolute atomic E-state index is 11.6. The zero-order chi connectivity index (χ0) is 8.69. The largest absolute Gasteiger partial charge is 0.483 e. The summed E-state index contributed by atoms with van der Waals surface area (Å²) >= 11 is 1.29. The van der Waals surface area contributed by atoms with Gasteiger partial charge in [0, 0.05) is 0 Å². The fraction of sp³-hybridized carbons (Fsp3) is 0.833. The minimum absolute atomic E-state index is 0.172. The van der Waals surface area contributed by atoms with Gasteiger partial charge in [-0.05, 0) is 0 Å². The molecule has 1 saturated heterocycles.